The Labute approximate surface area is 161 Å². The van der Waals surface area contributed by atoms with Crippen molar-refractivity contribution in [1.82, 2.24) is 24.8 Å². The number of likely N-dealkylation sites (tertiary alicyclic amines) is 1. The number of fused-ring (bicyclic) bond motifs is 2. The van der Waals surface area contributed by atoms with E-state index in [4.69, 9.17) is 4.74 Å². The molecule has 1 aliphatic heterocycles. The van der Waals surface area contributed by atoms with Gasteiger partial charge in [-0.15, -0.1) is 0 Å². The fraction of sp³-hybridized carbons (Fsp3) is 0.286. The third-order valence-corrected chi connectivity index (χ3v) is 5.07. The second kappa shape index (κ2) is 7.26. The molecule has 4 aromatic rings. The maximum absolute atomic E-state index is 14.5. The van der Waals surface area contributed by atoms with E-state index >= 15 is 0 Å². The molecule has 28 heavy (non-hydrogen) atoms. The first kappa shape index (κ1) is 17.2. The molecule has 1 aromatic carbocycles. The largest absolute Gasteiger partial charge is 0.366 e. The third-order valence-electron chi connectivity index (χ3n) is 5.07. The maximum atomic E-state index is 14.5. The molecule has 1 N–H and O–H groups in total. The molecular formula is C21H20FN5O. The first-order valence-electron chi connectivity index (χ1n) is 9.36. The van der Waals surface area contributed by atoms with Crippen molar-refractivity contribution in [2.75, 3.05) is 13.1 Å². The molecule has 0 spiro atoms. The summed E-state index contributed by atoms with van der Waals surface area (Å²) in [5, 5.41) is 1.10. The average molecular weight is 377 g/mol. The number of pyridine rings is 2. The van der Waals surface area contributed by atoms with E-state index in [1.54, 1.807) is 6.20 Å². The summed E-state index contributed by atoms with van der Waals surface area (Å²) in [6, 6.07) is 13.9. The van der Waals surface area contributed by atoms with Crippen molar-refractivity contribution in [3.8, 4) is 0 Å². The molecule has 3 aromatic heterocycles. The highest BCUT2D eigenvalue weighted by Gasteiger charge is 2.33. The zero-order valence-electron chi connectivity index (χ0n) is 15.3. The summed E-state index contributed by atoms with van der Waals surface area (Å²) < 4.78 is 20.3. The number of hydrogen-bond donors (Lipinski definition) is 1. The number of rotatable bonds is 5. The van der Waals surface area contributed by atoms with Crippen molar-refractivity contribution in [2.24, 2.45) is 0 Å². The molecule has 1 aliphatic rings. The molecule has 0 radical (unpaired) electrons. The number of hydrogen-bond acceptors (Lipinski definition) is 5. The Morgan fingerprint density at radius 3 is 3.00 bits per heavy atom. The Kier molecular flexibility index (Phi) is 4.46. The second-order valence-electron chi connectivity index (χ2n) is 7.15. The van der Waals surface area contributed by atoms with Gasteiger partial charge in [0.25, 0.3) is 0 Å². The quantitative estimate of drug-likeness (QED) is 0.578. The van der Waals surface area contributed by atoms with Gasteiger partial charge < -0.3 is 9.72 Å². The number of ether oxygens (including phenoxy) is 1. The van der Waals surface area contributed by atoms with Crippen LogP contribution in [0.25, 0.3) is 22.1 Å². The van der Waals surface area contributed by atoms with Gasteiger partial charge in [0.15, 0.2) is 5.65 Å². The molecular weight excluding hydrogens is 357 g/mol. The number of benzene rings is 1. The van der Waals surface area contributed by atoms with Gasteiger partial charge >= 0.3 is 0 Å². The number of H-pyrrole nitrogens is 1. The SMILES string of the molecule is F[C@@H]1CN(Cc2cnc3ccccc3c2)C[C@@H]1OCc1nc2ncccc2[nH]1. The van der Waals surface area contributed by atoms with Crippen molar-refractivity contribution in [3.05, 3.63) is 66.2 Å². The summed E-state index contributed by atoms with van der Waals surface area (Å²) in [6.45, 7) is 1.81. The summed E-state index contributed by atoms with van der Waals surface area (Å²) in [6.07, 6.45) is 2.08. The molecule has 0 unspecified atom stereocenters. The monoisotopic (exact) mass is 377 g/mol. The summed E-state index contributed by atoms with van der Waals surface area (Å²) in [5.41, 5.74) is 3.55. The molecule has 0 saturated carbocycles. The lowest BCUT2D eigenvalue weighted by molar-refractivity contribution is 0.00863. The van der Waals surface area contributed by atoms with Crippen LogP contribution in [0.1, 0.15) is 11.4 Å². The third kappa shape index (κ3) is 3.46. The minimum Gasteiger partial charge on any atom is -0.366 e. The topological polar surface area (TPSA) is 66.9 Å². The number of nitrogens with zero attached hydrogens (tertiary/aromatic N) is 4. The zero-order chi connectivity index (χ0) is 18.9. The minimum atomic E-state index is -1.02. The maximum Gasteiger partial charge on any atom is 0.177 e. The molecule has 1 saturated heterocycles. The summed E-state index contributed by atoms with van der Waals surface area (Å²) >= 11 is 0. The lowest BCUT2D eigenvalue weighted by atomic mass is 10.1. The van der Waals surface area contributed by atoms with Crippen molar-refractivity contribution in [1.29, 1.82) is 0 Å². The van der Waals surface area contributed by atoms with Crippen LogP contribution in [0.4, 0.5) is 4.39 Å². The number of para-hydroxylation sites is 1. The Balaban J connectivity index is 1.21. The van der Waals surface area contributed by atoms with E-state index in [1.807, 2.05) is 42.6 Å². The van der Waals surface area contributed by atoms with Crippen LogP contribution in [0, 0.1) is 0 Å². The summed E-state index contributed by atoms with van der Waals surface area (Å²) in [5.74, 6) is 0.665. The molecule has 0 aliphatic carbocycles. The van der Waals surface area contributed by atoms with E-state index in [0.29, 0.717) is 31.1 Å². The normalized spacial score (nSPS) is 20.3. The van der Waals surface area contributed by atoms with E-state index in [0.717, 1.165) is 22.0 Å². The van der Waals surface area contributed by atoms with Crippen LogP contribution < -0.4 is 0 Å². The van der Waals surface area contributed by atoms with Crippen LogP contribution in [0.5, 0.6) is 0 Å². The van der Waals surface area contributed by atoms with Crippen LogP contribution in [0.15, 0.2) is 54.9 Å². The second-order valence-corrected chi connectivity index (χ2v) is 7.15. The van der Waals surface area contributed by atoms with Gasteiger partial charge in [-0.25, -0.2) is 14.4 Å². The lowest BCUT2D eigenvalue weighted by Gasteiger charge is -2.15. The van der Waals surface area contributed by atoms with Gasteiger partial charge in [0, 0.05) is 37.4 Å². The Morgan fingerprint density at radius 1 is 1.14 bits per heavy atom. The number of alkyl halides is 1. The van der Waals surface area contributed by atoms with E-state index in [9.17, 15) is 4.39 Å². The smallest absolute Gasteiger partial charge is 0.177 e. The highest BCUT2D eigenvalue weighted by atomic mass is 19.1. The van der Waals surface area contributed by atoms with Gasteiger partial charge in [0.1, 0.15) is 24.7 Å². The molecule has 142 valence electrons. The molecule has 6 nitrogen and oxygen atoms in total. The van der Waals surface area contributed by atoms with Crippen LogP contribution in [-0.2, 0) is 17.9 Å². The fourth-order valence-electron chi connectivity index (χ4n) is 3.70. The van der Waals surface area contributed by atoms with Crippen LogP contribution in [-0.4, -0.2) is 50.2 Å². The molecule has 0 bridgehead atoms. The lowest BCUT2D eigenvalue weighted by Crippen LogP contribution is -2.24. The Morgan fingerprint density at radius 2 is 2.07 bits per heavy atom. The molecule has 1 fully saturated rings. The van der Waals surface area contributed by atoms with Crippen molar-refractivity contribution in [2.45, 2.75) is 25.4 Å². The summed E-state index contributed by atoms with van der Waals surface area (Å²) in [7, 11) is 0. The highest BCUT2D eigenvalue weighted by Crippen LogP contribution is 2.21. The number of nitrogens with one attached hydrogen (secondary N) is 1. The molecule has 7 heteroatoms. The van der Waals surface area contributed by atoms with Gasteiger partial charge in [-0.1, -0.05) is 18.2 Å². The summed E-state index contributed by atoms with van der Waals surface area (Å²) in [4.78, 5) is 18.3. The van der Waals surface area contributed by atoms with Crippen LogP contribution >= 0.6 is 0 Å². The molecule has 0 amide bonds. The number of aromatic amines is 1. The predicted octanol–water partition coefficient (Wildman–Crippen LogP) is 3.25. The first-order chi connectivity index (χ1) is 13.7. The number of aromatic nitrogens is 4. The number of halogens is 1. The van der Waals surface area contributed by atoms with E-state index in [2.05, 4.69) is 30.9 Å². The van der Waals surface area contributed by atoms with Crippen LogP contribution in [0.3, 0.4) is 0 Å². The van der Waals surface area contributed by atoms with Gasteiger partial charge in [0.2, 0.25) is 0 Å². The zero-order valence-corrected chi connectivity index (χ0v) is 15.3. The Bertz CT molecular complexity index is 1080. The van der Waals surface area contributed by atoms with E-state index < -0.39 is 12.3 Å². The molecule has 2 atom stereocenters. The van der Waals surface area contributed by atoms with Crippen molar-refractivity contribution in [3.63, 3.8) is 0 Å². The van der Waals surface area contributed by atoms with E-state index in [-0.39, 0.29) is 6.61 Å². The minimum absolute atomic E-state index is 0.243. The average Bonchev–Trinajstić information content (AvgIpc) is 3.28. The highest BCUT2D eigenvalue weighted by molar-refractivity contribution is 5.78. The van der Waals surface area contributed by atoms with Crippen molar-refractivity contribution >= 4 is 22.1 Å². The fourth-order valence-corrected chi connectivity index (χ4v) is 3.70. The molecule has 4 heterocycles. The van der Waals surface area contributed by atoms with Gasteiger partial charge in [0.05, 0.1) is 11.0 Å². The number of imidazole rings is 1. The Hall–Kier alpha value is -2.90. The predicted molar refractivity (Wildman–Crippen MR) is 104 cm³/mol. The van der Waals surface area contributed by atoms with Crippen molar-refractivity contribution < 1.29 is 9.13 Å². The van der Waals surface area contributed by atoms with Gasteiger partial charge in [-0.05, 0) is 29.8 Å². The van der Waals surface area contributed by atoms with E-state index in [1.165, 1.54) is 0 Å². The van der Waals surface area contributed by atoms with Gasteiger partial charge in [-0.3, -0.25) is 9.88 Å². The standard InChI is InChI=1S/C21H20FN5O/c22-16-11-27(10-14-8-15-4-1-2-5-17(15)24-9-14)12-19(16)28-13-20-25-18-6-3-7-23-21(18)26-20/h1-9,16,19H,10-13H2,(H,23,25,26)/t16-,19+/m1/s1. The molecule has 5 rings (SSSR count). The first-order valence-corrected chi connectivity index (χ1v) is 9.36. The van der Waals surface area contributed by atoms with Gasteiger partial charge in [-0.2, -0.15) is 0 Å². The van der Waals surface area contributed by atoms with Crippen LogP contribution in [0.2, 0.25) is 0 Å².